The first-order valence-electron chi connectivity index (χ1n) is 7.63. The van der Waals surface area contributed by atoms with E-state index in [0.29, 0.717) is 16.5 Å². The minimum Gasteiger partial charge on any atom is -0.495 e. The Hall–Kier alpha value is -1.67. The van der Waals surface area contributed by atoms with Crippen LogP contribution in [0, 0.1) is 0 Å². The Morgan fingerprint density at radius 2 is 1.74 bits per heavy atom. The molecule has 27 heavy (non-hydrogen) atoms. The zero-order valence-corrected chi connectivity index (χ0v) is 17.7. The molecule has 2 rings (SSSR count). The minimum absolute atomic E-state index is 0.223. The van der Waals surface area contributed by atoms with Gasteiger partial charge < -0.3 is 10.1 Å². The van der Waals surface area contributed by atoms with Crippen molar-refractivity contribution in [2.24, 2.45) is 0 Å². The quantitative estimate of drug-likeness (QED) is 0.704. The molecule has 1 amide bonds. The molecule has 1 atom stereocenters. The van der Waals surface area contributed by atoms with Crippen LogP contribution in [-0.2, 0) is 14.8 Å². The van der Waals surface area contributed by atoms with Crippen LogP contribution < -0.4 is 14.4 Å². The fraction of sp³-hybridized carbons (Fsp3) is 0.235. The Bertz CT molecular complexity index is 967. The van der Waals surface area contributed by atoms with Crippen LogP contribution in [0.2, 0.25) is 15.1 Å². The number of methoxy groups -OCH3 is 1. The van der Waals surface area contributed by atoms with Gasteiger partial charge in [-0.05, 0) is 43.3 Å². The number of hydrogen-bond donors (Lipinski definition) is 1. The molecule has 1 N–H and O–H groups in total. The number of nitrogens with one attached hydrogen (secondary N) is 1. The van der Waals surface area contributed by atoms with Crippen molar-refractivity contribution in [3.05, 3.63) is 51.5 Å². The maximum atomic E-state index is 12.6. The highest BCUT2D eigenvalue weighted by atomic mass is 35.5. The zero-order chi connectivity index (χ0) is 20.4. The van der Waals surface area contributed by atoms with Gasteiger partial charge in [-0.3, -0.25) is 9.10 Å². The van der Waals surface area contributed by atoms with Crippen LogP contribution in [0.5, 0.6) is 5.75 Å². The summed E-state index contributed by atoms with van der Waals surface area (Å²) in [5, 5.41) is 3.46. The summed E-state index contributed by atoms with van der Waals surface area (Å²) in [6.45, 7) is 1.46. The number of ether oxygens (including phenoxy) is 1. The van der Waals surface area contributed by atoms with Crippen molar-refractivity contribution in [2.75, 3.05) is 23.0 Å². The molecular formula is C17H17Cl3N2O4S. The number of anilines is 2. The van der Waals surface area contributed by atoms with E-state index >= 15 is 0 Å². The van der Waals surface area contributed by atoms with Gasteiger partial charge in [-0.25, -0.2) is 8.42 Å². The van der Waals surface area contributed by atoms with Crippen molar-refractivity contribution in [3.8, 4) is 5.75 Å². The highest BCUT2D eigenvalue weighted by molar-refractivity contribution is 7.92. The predicted octanol–water partition coefficient (Wildman–Crippen LogP) is 4.45. The van der Waals surface area contributed by atoms with Gasteiger partial charge in [-0.2, -0.15) is 0 Å². The molecule has 0 spiro atoms. The summed E-state index contributed by atoms with van der Waals surface area (Å²) in [5.41, 5.74) is 0.627. The lowest BCUT2D eigenvalue weighted by Crippen LogP contribution is -2.45. The molecule has 0 aliphatic heterocycles. The van der Waals surface area contributed by atoms with Gasteiger partial charge in [0.25, 0.3) is 0 Å². The first-order chi connectivity index (χ1) is 12.5. The Morgan fingerprint density at radius 1 is 1.07 bits per heavy atom. The summed E-state index contributed by atoms with van der Waals surface area (Å²) in [4.78, 5) is 12.6. The zero-order valence-electron chi connectivity index (χ0n) is 14.7. The van der Waals surface area contributed by atoms with Crippen molar-refractivity contribution in [1.29, 1.82) is 0 Å². The summed E-state index contributed by atoms with van der Waals surface area (Å²) in [5.74, 6) is -0.160. The maximum Gasteiger partial charge on any atom is 0.247 e. The Labute approximate surface area is 173 Å². The summed E-state index contributed by atoms with van der Waals surface area (Å²) in [7, 11) is -2.33. The fourth-order valence-electron chi connectivity index (χ4n) is 2.42. The van der Waals surface area contributed by atoms with Crippen molar-refractivity contribution >= 4 is 62.1 Å². The molecule has 0 radical (unpaired) electrons. The van der Waals surface area contributed by atoms with Crippen molar-refractivity contribution in [3.63, 3.8) is 0 Å². The molecule has 0 aromatic heterocycles. The molecule has 0 unspecified atom stereocenters. The molecular weight excluding hydrogens is 435 g/mol. The van der Waals surface area contributed by atoms with E-state index in [2.05, 4.69) is 5.32 Å². The van der Waals surface area contributed by atoms with E-state index in [0.717, 1.165) is 10.6 Å². The number of amides is 1. The van der Waals surface area contributed by atoms with E-state index in [4.69, 9.17) is 39.5 Å². The van der Waals surface area contributed by atoms with Gasteiger partial charge in [0.2, 0.25) is 15.9 Å². The average Bonchev–Trinajstić information content (AvgIpc) is 2.57. The van der Waals surface area contributed by atoms with E-state index in [9.17, 15) is 13.2 Å². The first-order valence-corrected chi connectivity index (χ1v) is 10.6. The molecule has 0 saturated carbocycles. The first kappa shape index (κ1) is 21.6. The molecule has 6 nitrogen and oxygen atoms in total. The van der Waals surface area contributed by atoms with Crippen LogP contribution in [0.3, 0.4) is 0 Å². The van der Waals surface area contributed by atoms with Crippen molar-refractivity contribution < 1.29 is 17.9 Å². The molecule has 0 aliphatic carbocycles. The summed E-state index contributed by atoms with van der Waals surface area (Å²) in [6.07, 6.45) is 1.01. The topological polar surface area (TPSA) is 75.7 Å². The summed E-state index contributed by atoms with van der Waals surface area (Å²) in [6, 6.07) is 7.97. The van der Waals surface area contributed by atoms with Gasteiger partial charge in [0.05, 0.1) is 34.1 Å². The number of sulfonamides is 1. The highest BCUT2D eigenvalue weighted by Gasteiger charge is 2.29. The van der Waals surface area contributed by atoms with Gasteiger partial charge in [-0.1, -0.05) is 34.8 Å². The van der Waals surface area contributed by atoms with Crippen LogP contribution in [0.15, 0.2) is 36.4 Å². The largest absolute Gasteiger partial charge is 0.495 e. The predicted molar refractivity (Wildman–Crippen MR) is 110 cm³/mol. The van der Waals surface area contributed by atoms with Crippen LogP contribution >= 0.6 is 34.8 Å². The molecule has 0 fully saturated rings. The highest BCUT2D eigenvalue weighted by Crippen LogP contribution is 2.31. The van der Waals surface area contributed by atoms with E-state index in [-0.39, 0.29) is 15.7 Å². The molecule has 2 aromatic rings. The lowest BCUT2D eigenvalue weighted by atomic mass is 10.2. The molecule has 2 aromatic carbocycles. The Kier molecular flexibility index (Phi) is 6.86. The number of benzene rings is 2. The van der Waals surface area contributed by atoms with Gasteiger partial charge in [-0.15, -0.1) is 0 Å². The normalized spacial score (nSPS) is 12.4. The molecule has 0 bridgehead atoms. The molecule has 0 heterocycles. The number of rotatable bonds is 6. The van der Waals surface area contributed by atoms with Gasteiger partial charge in [0, 0.05) is 5.69 Å². The van der Waals surface area contributed by atoms with Gasteiger partial charge >= 0.3 is 0 Å². The van der Waals surface area contributed by atoms with Crippen molar-refractivity contribution in [2.45, 2.75) is 13.0 Å². The van der Waals surface area contributed by atoms with Crippen LogP contribution in [0.4, 0.5) is 11.4 Å². The number of hydrogen-bond acceptors (Lipinski definition) is 4. The third kappa shape index (κ3) is 5.19. The SMILES string of the molecule is COc1ccc(N([C@@H](C)C(=O)Nc2ccc(Cl)c(Cl)c2)S(C)(=O)=O)cc1Cl. The number of halogens is 3. The minimum atomic E-state index is -3.78. The van der Waals surface area contributed by atoms with E-state index in [1.54, 1.807) is 6.07 Å². The van der Waals surface area contributed by atoms with E-state index in [1.807, 2.05) is 0 Å². The summed E-state index contributed by atoms with van der Waals surface area (Å²) >= 11 is 17.9. The monoisotopic (exact) mass is 450 g/mol. The second-order valence-electron chi connectivity index (χ2n) is 5.67. The van der Waals surface area contributed by atoms with Crippen LogP contribution in [0.1, 0.15) is 6.92 Å². The van der Waals surface area contributed by atoms with Gasteiger partial charge in [0.1, 0.15) is 11.8 Å². The average molecular weight is 452 g/mol. The van der Waals surface area contributed by atoms with Crippen molar-refractivity contribution in [1.82, 2.24) is 0 Å². The molecule has 0 aliphatic rings. The molecule has 0 saturated heterocycles. The Balaban J connectivity index is 2.34. The number of carbonyl (C=O) groups excluding carboxylic acids is 1. The number of carbonyl (C=O) groups is 1. The second kappa shape index (κ2) is 8.56. The van der Waals surface area contributed by atoms with Gasteiger partial charge in [0.15, 0.2) is 0 Å². The van der Waals surface area contributed by atoms with Crippen LogP contribution in [-0.4, -0.2) is 33.7 Å². The molecule has 10 heteroatoms. The second-order valence-corrected chi connectivity index (χ2v) is 8.75. The third-order valence-electron chi connectivity index (χ3n) is 3.67. The lowest BCUT2D eigenvalue weighted by Gasteiger charge is -2.28. The van der Waals surface area contributed by atoms with Crippen LogP contribution in [0.25, 0.3) is 0 Å². The maximum absolute atomic E-state index is 12.6. The lowest BCUT2D eigenvalue weighted by molar-refractivity contribution is -0.116. The summed E-state index contributed by atoms with van der Waals surface area (Å²) < 4.78 is 30.7. The molecule has 146 valence electrons. The standard InChI is InChI=1S/C17H17Cl3N2O4S/c1-10(17(23)21-11-4-6-13(18)14(19)8-11)22(27(3,24)25)12-5-7-16(26-2)15(20)9-12/h4-10H,1-3H3,(H,21,23)/t10-/m0/s1. The Morgan fingerprint density at radius 3 is 2.26 bits per heavy atom. The smallest absolute Gasteiger partial charge is 0.247 e. The van der Waals surface area contributed by atoms with E-state index < -0.39 is 22.0 Å². The third-order valence-corrected chi connectivity index (χ3v) is 5.94. The fourth-order valence-corrected chi connectivity index (χ4v) is 4.14. The van der Waals surface area contributed by atoms with E-state index in [1.165, 1.54) is 44.4 Å². The number of nitrogens with zero attached hydrogens (tertiary/aromatic N) is 1.